The Labute approximate surface area is 135 Å². The van der Waals surface area contributed by atoms with E-state index in [0.29, 0.717) is 6.54 Å². The monoisotopic (exact) mass is 315 g/mol. The van der Waals surface area contributed by atoms with Crippen molar-refractivity contribution in [2.24, 2.45) is 0 Å². The predicted octanol–water partition coefficient (Wildman–Crippen LogP) is 3.46. The van der Waals surface area contributed by atoms with Crippen molar-refractivity contribution in [1.29, 1.82) is 0 Å². The molecule has 1 aromatic carbocycles. The maximum Gasteiger partial charge on any atom is 0.231 e. The number of hydrogen-bond acceptors (Lipinski definition) is 3. The largest absolute Gasteiger partial charge is 0.496 e. The summed E-state index contributed by atoms with van der Waals surface area (Å²) in [5.74, 6) is 1.09. The zero-order valence-corrected chi connectivity index (χ0v) is 13.8. The van der Waals surface area contributed by atoms with Crippen molar-refractivity contribution in [1.82, 2.24) is 5.32 Å². The first kappa shape index (κ1) is 15.1. The third kappa shape index (κ3) is 2.88. The van der Waals surface area contributed by atoms with Crippen LogP contribution < -0.4 is 10.1 Å². The normalized spacial score (nSPS) is 15.4. The molecule has 2 aromatic rings. The number of carbonyl (C=O) groups is 1. The standard InChI is InChI=1S/C18H21NO2S/c1-13-12-14(5-6-15(13)21-2)7-10-19-17(20)18(8-9-18)16-4-3-11-22-16/h3-6,11-12H,7-10H2,1-2H3,(H,19,20). The van der Waals surface area contributed by atoms with Crippen molar-refractivity contribution >= 4 is 17.2 Å². The van der Waals surface area contributed by atoms with Gasteiger partial charge in [0.05, 0.1) is 12.5 Å². The molecule has 1 fully saturated rings. The van der Waals surface area contributed by atoms with Crippen LogP contribution in [0, 0.1) is 6.92 Å². The van der Waals surface area contributed by atoms with E-state index >= 15 is 0 Å². The second-order valence-corrected chi connectivity index (χ2v) is 6.82. The Kier molecular flexibility index (Phi) is 4.21. The third-order valence-corrected chi connectivity index (χ3v) is 5.41. The van der Waals surface area contributed by atoms with E-state index in [1.54, 1.807) is 18.4 Å². The third-order valence-electron chi connectivity index (χ3n) is 4.34. The van der Waals surface area contributed by atoms with Crippen molar-refractivity contribution in [3.63, 3.8) is 0 Å². The number of aryl methyl sites for hydroxylation is 1. The minimum atomic E-state index is -0.232. The molecule has 1 N–H and O–H groups in total. The molecular formula is C18H21NO2S. The molecule has 0 bridgehead atoms. The fourth-order valence-corrected chi connectivity index (χ4v) is 3.83. The van der Waals surface area contributed by atoms with Crippen molar-refractivity contribution in [2.75, 3.05) is 13.7 Å². The second-order valence-electron chi connectivity index (χ2n) is 5.87. The van der Waals surface area contributed by atoms with Gasteiger partial charge in [-0.3, -0.25) is 4.79 Å². The highest BCUT2D eigenvalue weighted by atomic mass is 32.1. The molecule has 0 radical (unpaired) electrons. The van der Waals surface area contributed by atoms with E-state index in [9.17, 15) is 4.79 Å². The van der Waals surface area contributed by atoms with Gasteiger partial charge in [-0.15, -0.1) is 11.3 Å². The topological polar surface area (TPSA) is 38.3 Å². The molecule has 3 rings (SSSR count). The maximum absolute atomic E-state index is 12.5. The summed E-state index contributed by atoms with van der Waals surface area (Å²) in [4.78, 5) is 13.7. The smallest absolute Gasteiger partial charge is 0.231 e. The molecule has 4 heteroatoms. The van der Waals surface area contributed by atoms with Crippen LogP contribution in [0.15, 0.2) is 35.7 Å². The molecule has 1 heterocycles. The highest BCUT2D eigenvalue weighted by Gasteiger charge is 2.51. The van der Waals surface area contributed by atoms with Crippen molar-refractivity contribution in [3.05, 3.63) is 51.7 Å². The molecule has 1 amide bonds. The Balaban J connectivity index is 1.55. The van der Waals surface area contributed by atoms with Gasteiger partial charge in [-0.1, -0.05) is 18.2 Å². The van der Waals surface area contributed by atoms with E-state index in [1.165, 1.54) is 10.4 Å². The molecule has 0 unspecified atom stereocenters. The number of ether oxygens (including phenoxy) is 1. The van der Waals surface area contributed by atoms with E-state index in [4.69, 9.17) is 4.74 Å². The van der Waals surface area contributed by atoms with Crippen LogP contribution in [0.25, 0.3) is 0 Å². The molecule has 0 saturated heterocycles. The second kappa shape index (κ2) is 6.13. The Morgan fingerprint density at radius 2 is 2.18 bits per heavy atom. The lowest BCUT2D eigenvalue weighted by Gasteiger charge is -2.14. The molecule has 116 valence electrons. The van der Waals surface area contributed by atoms with Crippen molar-refractivity contribution in [2.45, 2.75) is 31.6 Å². The van der Waals surface area contributed by atoms with E-state index in [-0.39, 0.29) is 11.3 Å². The molecular weight excluding hydrogens is 294 g/mol. The van der Waals surface area contributed by atoms with Gasteiger partial charge >= 0.3 is 0 Å². The van der Waals surface area contributed by atoms with Gasteiger partial charge in [0.2, 0.25) is 5.91 Å². The zero-order chi connectivity index (χ0) is 15.6. The highest BCUT2D eigenvalue weighted by molar-refractivity contribution is 7.10. The minimum Gasteiger partial charge on any atom is -0.496 e. The van der Waals surface area contributed by atoms with E-state index in [2.05, 4.69) is 23.5 Å². The van der Waals surface area contributed by atoms with Gasteiger partial charge < -0.3 is 10.1 Å². The van der Waals surface area contributed by atoms with Gasteiger partial charge in [0, 0.05) is 11.4 Å². The fourth-order valence-electron chi connectivity index (χ4n) is 2.85. The first-order valence-corrected chi connectivity index (χ1v) is 8.49. The number of amides is 1. The summed E-state index contributed by atoms with van der Waals surface area (Å²) >= 11 is 1.68. The number of methoxy groups -OCH3 is 1. The molecule has 0 aliphatic heterocycles. The lowest BCUT2D eigenvalue weighted by Crippen LogP contribution is -2.35. The molecule has 1 saturated carbocycles. The van der Waals surface area contributed by atoms with Gasteiger partial charge in [0.25, 0.3) is 0 Å². The van der Waals surface area contributed by atoms with Crippen LogP contribution in [-0.4, -0.2) is 19.6 Å². The Morgan fingerprint density at radius 3 is 2.77 bits per heavy atom. The quantitative estimate of drug-likeness (QED) is 0.886. The lowest BCUT2D eigenvalue weighted by molar-refractivity contribution is -0.123. The first-order valence-electron chi connectivity index (χ1n) is 7.61. The van der Waals surface area contributed by atoms with Gasteiger partial charge in [0.15, 0.2) is 0 Å². The zero-order valence-electron chi connectivity index (χ0n) is 13.0. The SMILES string of the molecule is COc1ccc(CCNC(=O)C2(c3cccs3)CC2)cc1C. The molecule has 3 nitrogen and oxygen atoms in total. The van der Waals surface area contributed by atoms with Crippen LogP contribution in [0.5, 0.6) is 5.75 Å². The summed E-state index contributed by atoms with van der Waals surface area (Å²) in [6, 6.07) is 10.3. The molecule has 0 spiro atoms. The number of benzene rings is 1. The van der Waals surface area contributed by atoms with Crippen molar-refractivity contribution in [3.8, 4) is 5.75 Å². The molecule has 0 atom stereocenters. The number of carbonyl (C=O) groups excluding carboxylic acids is 1. The average molecular weight is 315 g/mol. The van der Waals surface area contributed by atoms with E-state index < -0.39 is 0 Å². The van der Waals surface area contributed by atoms with Crippen LogP contribution in [0.4, 0.5) is 0 Å². The van der Waals surface area contributed by atoms with Gasteiger partial charge in [-0.05, 0) is 54.8 Å². The Morgan fingerprint density at radius 1 is 1.36 bits per heavy atom. The Hall–Kier alpha value is -1.81. The van der Waals surface area contributed by atoms with Gasteiger partial charge in [0.1, 0.15) is 5.75 Å². The van der Waals surface area contributed by atoms with E-state index in [0.717, 1.165) is 30.6 Å². The summed E-state index contributed by atoms with van der Waals surface area (Å²) < 4.78 is 5.27. The molecule has 22 heavy (non-hydrogen) atoms. The van der Waals surface area contributed by atoms with Crippen LogP contribution in [0.2, 0.25) is 0 Å². The van der Waals surface area contributed by atoms with Gasteiger partial charge in [-0.25, -0.2) is 0 Å². The average Bonchev–Trinajstić information content (AvgIpc) is 3.14. The molecule has 1 aromatic heterocycles. The van der Waals surface area contributed by atoms with Gasteiger partial charge in [-0.2, -0.15) is 0 Å². The number of thiophene rings is 1. The minimum absolute atomic E-state index is 0.181. The fraction of sp³-hybridized carbons (Fsp3) is 0.389. The Bertz CT molecular complexity index is 660. The maximum atomic E-state index is 12.5. The predicted molar refractivity (Wildman–Crippen MR) is 89.7 cm³/mol. The van der Waals surface area contributed by atoms with E-state index in [1.807, 2.05) is 24.4 Å². The van der Waals surface area contributed by atoms with Crippen molar-refractivity contribution < 1.29 is 9.53 Å². The summed E-state index contributed by atoms with van der Waals surface area (Å²) in [7, 11) is 1.68. The number of nitrogens with one attached hydrogen (secondary N) is 1. The molecule has 1 aliphatic carbocycles. The number of rotatable bonds is 6. The van der Waals surface area contributed by atoms with Crippen LogP contribution in [0.3, 0.4) is 0 Å². The van der Waals surface area contributed by atoms with Crippen LogP contribution in [-0.2, 0) is 16.6 Å². The first-order chi connectivity index (χ1) is 10.7. The molecule has 1 aliphatic rings. The van der Waals surface area contributed by atoms with Crippen LogP contribution in [0.1, 0.15) is 28.8 Å². The summed E-state index contributed by atoms with van der Waals surface area (Å²) in [5.41, 5.74) is 2.12. The lowest BCUT2D eigenvalue weighted by atomic mass is 10.0. The number of hydrogen-bond donors (Lipinski definition) is 1. The van der Waals surface area contributed by atoms with Crippen LogP contribution >= 0.6 is 11.3 Å². The summed E-state index contributed by atoms with van der Waals surface area (Å²) in [6.45, 7) is 2.72. The summed E-state index contributed by atoms with van der Waals surface area (Å²) in [6.07, 6.45) is 2.79. The highest BCUT2D eigenvalue weighted by Crippen LogP contribution is 2.50. The summed E-state index contributed by atoms with van der Waals surface area (Å²) in [5, 5.41) is 5.15.